The van der Waals surface area contributed by atoms with Crippen LogP contribution in [0.15, 0.2) is 48.0 Å². The van der Waals surface area contributed by atoms with Gasteiger partial charge >= 0.3 is 0 Å². The molecule has 0 radical (unpaired) electrons. The maximum atomic E-state index is 2.40. The molecule has 0 aliphatic heterocycles. The van der Waals surface area contributed by atoms with Crippen molar-refractivity contribution in [3.63, 3.8) is 0 Å². The first-order valence-corrected chi connectivity index (χ1v) is 7.05. The summed E-state index contributed by atoms with van der Waals surface area (Å²) in [5, 5.41) is 0. The van der Waals surface area contributed by atoms with Crippen LogP contribution in [-0.4, -0.2) is 0 Å². The lowest BCUT2D eigenvalue weighted by molar-refractivity contribution is 0.754. The van der Waals surface area contributed by atoms with E-state index in [0.29, 0.717) is 5.92 Å². The van der Waals surface area contributed by atoms with Crippen LogP contribution >= 0.6 is 0 Å². The number of benzene rings is 2. The first-order valence-electron chi connectivity index (χ1n) is 7.05. The van der Waals surface area contributed by atoms with Crippen LogP contribution in [0.2, 0.25) is 0 Å². The smallest absolute Gasteiger partial charge is 0.00550 e. The molecule has 0 nitrogen and oxygen atoms in total. The summed E-state index contributed by atoms with van der Waals surface area (Å²) in [5.41, 5.74) is 8.55. The van der Waals surface area contributed by atoms with Gasteiger partial charge in [-0.05, 0) is 47.1 Å². The van der Waals surface area contributed by atoms with Crippen molar-refractivity contribution in [2.45, 2.75) is 27.2 Å². The maximum Gasteiger partial charge on any atom is -0.00550 e. The Labute approximate surface area is 115 Å². The van der Waals surface area contributed by atoms with Gasteiger partial charge in [0.2, 0.25) is 0 Å². The van der Waals surface area contributed by atoms with Crippen molar-refractivity contribution in [1.29, 1.82) is 0 Å². The van der Waals surface area contributed by atoms with Gasteiger partial charge in [0.1, 0.15) is 0 Å². The van der Waals surface area contributed by atoms with E-state index in [9.17, 15) is 0 Å². The third-order valence-electron chi connectivity index (χ3n) is 4.10. The predicted molar refractivity (Wildman–Crippen MR) is 83.1 cm³/mol. The van der Waals surface area contributed by atoms with Crippen LogP contribution in [0.1, 0.15) is 30.5 Å². The third-order valence-corrected chi connectivity index (χ3v) is 4.10. The van der Waals surface area contributed by atoms with Gasteiger partial charge in [0.05, 0.1) is 0 Å². The summed E-state index contributed by atoms with van der Waals surface area (Å²) < 4.78 is 0. The molecule has 0 heterocycles. The van der Waals surface area contributed by atoms with E-state index >= 15 is 0 Å². The SMILES string of the molecule is Cc1ccccc1-c1cccc2c1C=C(C(C)C)C2. The fraction of sp³-hybridized carbons (Fsp3) is 0.263. The number of hydrogen-bond acceptors (Lipinski definition) is 0. The Kier molecular flexibility index (Phi) is 3.02. The molecule has 0 bridgehead atoms. The quantitative estimate of drug-likeness (QED) is 0.680. The van der Waals surface area contributed by atoms with Crippen molar-refractivity contribution >= 4 is 6.08 Å². The standard InChI is InChI=1S/C19H20/c1-13(2)16-11-15-8-6-10-18(19(15)12-16)17-9-5-4-7-14(17)3/h4-10,12-13H,11H2,1-3H3. The molecular formula is C19H20. The molecule has 0 amide bonds. The molecule has 3 rings (SSSR count). The van der Waals surface area contributed by atoms with Gasteiger partial charge in [-0.3, -0.25) is 0 Å². The van der Waals surface area contributed by atoms with E-state index in [1.54, 1.807) is 5.57 Å². The predicted octanol–water partition coefficient (Wildman–Crippen LogP) is 5.26. The van der Waals surface area contributed by atoms with Crippen molar-refractivity contribution < 1.29 is 0 Å². The maximum absolute atomic E-state index is 2.40. The minimum atomic E-state index is 0.636. The molecule has 0 heteroatoms. The Bertz CT molecular complexity index is 645. The Hall–Kier alpha value is -1.82. The van der Waals surface area contributed by atoms with E-state index in [4.69, 9.17) is 0 Å². The lowest BCUT2D eigenvalue weighted by atomic mass is 9.94. The minimum absolute atomic E-state index is 0.636. The van der Waals surface area contributed by atoms with Crippen molar-refractivity contribution in [2.24, 2.45) is 5.92 Å². The van der Waals surface area contributed by atoms with Gasteiger partial charge in [0.25, 0.3) is 0 Å². The molecule has 1 aliphatic rings. The largest absolute Gasteiger partial charge is 0.0626 e. The van der Waals surface area contributed by atoms with Gasteiger partial charge in [-0.15, -0.1) is 0 Å². The van der Waals surface area contributed by atoms with Crippen LogP contribution in [0.4, 0.5) is 0 Å². The lowest BCUT2D eigenvalue weighted by Gasteiger charge is -2.10. The lowest BCUT2D eigenvalue weighted by Crippen LogP contribution is -1.93. The zero-order valence-electron chi connectivity index (χ0n) is 11.9. The Balaban J connectivity index is 2.16. The van der Waals surface area contributed by atoms with E-state index < -0.39 is 0 Å². The summed E-state index contributed by atoms with van der Waals surface area (Å²) in [6, 6.07) is 15.4. The van der Waals surface area contributed by atoms with Crippen molar-refractivity contribution in [1.82, 2.24) is 0 Å². The van der Waals surface area contributed by atoms with Crippen molar-refractivity contribution in [3.05, 3.63) is 64.7 Å². The molecule has 0 spiro atoms. The van der Waals surface area contributed by atoms with Gasteiger partial charge in [-0.25, -0.2) is 0 Å². The van der Waals surface area contributed by atoms with Gasteiger partial charge < -0.3 is 0 Å². The highest BCUT2D eigenvalue weighted by molar-refractivity contribution is 5.82. The summed E-state index contributed by atoms with van der Waals surface area (Å²) in [6.07, 6.45) is 3.52. The molecule has 0 saturated carbocycles. The highest BCUT2D eigenvalue weighted by atomic mass is 14.2. The Morgan fingerprint density at radius 2 is 1.63 bits per heavy atom. The highest BCUT2D eigenvalue weighted by Gasteiger charge is 2.18. The van der Waals surface area contributed by atoms with E-state index in [1.165, 1.54) is 27.8 Å². The second-order valence-electron chi connectivity index (χ2n) is 5.74. The van der Waals surface area contributed by atoms with Crippen LogP contribution in [0, 0.1) is 12.8 Å². The Morgan fingerprint density at radius 1 is 0.895 bits per heavy atom. The van der Waals surface area contributed by atoms with Gasteiger partial charge in [0, 0.05) is 0 Å². The number of fused-ring (bicyclic) bond motifs is 1. The molecular weight excluding hydrogens is 228 g/mol. The zero-order valence-corrected chi connectivity index (χ0v) is 11.9. The molecule has 0 N–H and O–H groups in total. The molecule has 19 heavy (non-hydrogen) atoms. The molecule has 0 saturated heterocycles. The topological polar surface area (TPSA) is 0 Å². The summed E-state index contributed by atoms with van der Waals surface area (Å²) in [7, 11) is 0. The summed E-state index contributed by atoms with van der Waals surface area (Å²) >= 11 is 0. The first kappa shape index (κ1) is 12.2. The molecule has 96 valence electrons. The van der Waals surface area contributed by atoms with E-state index in [-0.39, 0.29) is 0 Å². The van der Waals surface area contributed by atoms with Gasteiger partial charge in [0.15, 0.2) is 0 Å². The summed E-state index contributed by atoms with van der Waals surface area (Å²) in [5.74, 6) is 0.636. The van der Waals surface area contributed by atoms with Crippen molar-refractivity contribution in [3.8, 4) is 11.1 Å². The average Bonchev–Trinajstić information content (AvgIpc) is 2.83. The van der Waals surface area contributed by atoms with Gasteiger partial charge in [-0.2, -0.15) is 0 Å². The molecule has 2 aromatic carbocycles. The summed E-state index contributed by atoms with van der Waals surface area (Å²) in [4.78, 5) is 0. The van der Waals surface area contributed by atoms with Crippen LogP contribution in [0.3, 0.4) is 0 Å². The van der Waals surface area contributed by atoms with Gasteiger partial charge in [-0.1, -0.05) is 68.0 Å². The monoisotopic (exact) mass is 248 g/mol. The second kappa shape index (κ2) is 4.70. The number of hydrogen-bond donors (Lipinski definition) is 0. The molecule has 0 unspecified atom stereocenters. The Morgan fingerprint density at radius 3 is 2.37 bits per heavy atom. The molecule has 2 aromatic rings. The first-order chi connectivity index (χ1) is 9.16. The molecule has 0 fully saturated rings. The normalized spacial score (nSPS) is 13.6. The third kappa shape index (κ3) is 2.12. The number of allylic oxidation sites excluding steroid dienone is 1. The van der Waals surface area contributed by atoms with Crippen LogP contribution in [0.5, 0.6) is 0 Å². The zero-order chi connectivity index (χ0) is 13.4. The van der Waals surface area contributed by atoms with E-state index in [1.807, 2.05) is 0 Å². The summed E-state index contributed by atoms with van der Waals surface area (Å²) in [6.45, 7) is 6.76. The molecule has 0 aromatic heterocycles. The minimum Gasteiger partial charge on any atom is -0.0626 e. The molecule has 1 aliphatic carbocycles. The van der Waals surface area contributed by atoms with Crippen LogP contribution in [0.25, 0.3) is 17.2 Å². The van der Waals surface area contributed by atoms with Crippen LogP contribution in [-0.2, 0) is 6.42 Å². The van der Waals surface area contributed by atoms with E-state index in [2.05, 4.69) is 69.3 Å². The second-order valence-corrected chi connectivity index (χ2v) is 5.74. The van der Waals surface area contributed by atoms with Crippen LogP contribution < -0.4 is 0 Å². The number of aryl methyl sites for hydroxylation is 1. The highest BCUT2D eigenvalue weighted by Crippen LogP contribution is 2.37. The van der Waals surface area contributed by atoms with E-state index in [0.717, 1.165) is 6.42 Å². The fourth-order valence-corrected chi connectivity index (χ4v) is 2.87. The molecule has 0 atom stereocenters. The number of rotatable bonds is 2. The average molecular weight is 248 g/mol. The van der Waals surface area contributed by atoms with Crippen molar-refractivity contribution in [2.75, 3.05) is 0 Å². The fourth-order valence-electron chi connectivity index (χ4n) is 2.87.